The number of aliphatic imine (C=N–C) groups is 1. The molecule has 0 unspecified atom stereocenters. The first-order valence-corrected chi connectivity index (χ1v) is 4.58. The molecule has 0 aliphatic rings. The maximum Gasteiger partial charge on any atom is 0.119 e. The molecule has 13 heavy (non-hydrogen) atoms. The molecule has 1 aromatic rings. The van der Waals surface area contributed by atoms with Crippen LogP contribution in [0.3, 0.4) is 0 Å². The lowest BCUT2D eigenvalue weighted by atomic mass is 10.3. The van der Waals surface area contributed by atoms with Crippen LogP contribution in [-0.2, 0) is 0 Å². The summed E-state index contributed by atoms with van der Waals surface area (Å²) in [7, 11) is 0. The molecule has 0 N–H and O–H groups in total. The van der Waals surface area contributed by atoms with E-state index >= 15 is 0 Å². The topological polar surface area (TPSA) is 21.6 Å². The van der Waals surface area contributed by atoms with Crippen molar-refractivity contribution >= 4 is 23.1 Å². The van der Waals surface area contributed by atoms with Gasteiger partial charge in [0.15, 0.2) is 0 Å². The van der Waals surface area contributed by atoms with E-state index in [0.29, 0.717) is 0 Å². The van der Waals surface area contributed by atoms with E-state index < -0.39 is 0 Å². The molecular formula is C10H11NOS. The smallest absolute Gasteiger partial charge is 0.119 e. The van der Waals surface area contributed by atoms with E-state index in [-0.39, 0.29) is 0 Å². The van der Waals surface area contributed by atoms with Gasteiger partial charge in [0.1, 0.15) is 5.75 Å². The molecule has 1 rings (SSSR count). The standard InChI is InChI=1S/C10H11NOS/c1-2-7-12-10-5-3-9(4-6-10)11-8-13/h3-6H,2,7H2,1H3. The minimum Gasteiger partial charge on any atom is -0.494 e. The van der Waals surface area contributed by atoms with Crippen LogP contribution in [0.25, 0.3) is 0 Å². The van der Waals surface area contributed by atoms with Crippen molar-refractivity contribution in [3.05, 3.63) is 24.3 Å². The van der Waals surface area contributed by atoms with E-state index in [9.17, 15) is 0 Å². The molecule has 1 aromatic carbocycles. The molecule has 0 atom stereocenters. The normalized spacial score (nSPS) is 9.00. The van der Waals surface area contributed by atoms with Gasteiger partial charge in [0, 0.05) is 0 Å². The van der Waals surface area contributed by atoms with Gasteiger partial charge >= 0.3 is 0 Å². The molecule has 0 amide bonds. The zero-order chi connectivity index (χ0) is 9.52. The minimum atomic E-state index is 0.746. The van der Waals surface area contributed by atoms with Crippen LogP contribution in [0.2, 0.25) is 0 Å². The van der Waals surface area contributed by atoms with E-state index in [1.165, 1.54) is 0 Å². The Labute approximate surface area is 83.3 Å². The van der Waals surface area contributed by atoms with Gasteiger partial charge in [-0.05, 0) is 42.9 Å². The number of rotatable bonds is 4. The molecule has 0 radical (unpaired) electrons. The Morgan fingerprint density at radius 2 is 2.08 bits per heavy atom. The van der Waals surface area contributed by atoms with Crippen LogP contribution >= 0.6 is 12.2 Å². The lowest BCUT2D eigenvalue weighted by molar-refractivity contribution is 0.317. The van der Waals surface area contributed by atoms with Crippen molar-refractivity contribution in [1.29, 1.82) is 0 Å². The number of isothiocyanates is 1. The molecule has 68 valence electrons. The van der Waals surface area contributed by atoms with Crippen molar-refractivity contribution in [2.45, 2.75) is 13.3 Å². The molecule has 0 bridgehead atoms. The third-order valence-electron chi connectivity index (χ3n) is 1.48. The lowest BCUT2D eigenvalue weighted by Gasteiger charge is -2.03. The van der Waals surface area contributed by atoms with E-state index in [1.54, 1.807) is 0 Å². The van der Waals surface area contributed by atoms with Crippen molar-refractivity contribution < 1.29 is 4.74 Å². The predicted molar refractivity (Wildman–Crippen MR) is 56.9 cm³/mol. The summed E-state index contributed by atoms with van der Waals surface area (Å²) in [6, 6.07) is 7.46. The van der Waals surface area contributed by atoms with E-state index in [0.717, 1.165) is 24.5 Å². The Balaban J connectivity index is 2.63. The second kappa shape index (κ2) is 5.46. The quantitative estimate of drug-likeness (QED) is 0.541. The summed E-state index contributed by atoms with van der Waals surface area (Å²) in [5.74, 6) is 0.866. The second-order valence-corrected chi connectivity index (χ2v) is 2.73. The molecule has 0 aliphatic heterocycles. The lowest BCUT2D eigenvalue weighted by Crippen LogP contribution is -1.93. The van der Waals surface area contributed by atoms with Gasteiger partial charge in [-0.15, -0.1) is 0 Å². The maximum atomic E-state index is 5.40. The highest BCUT2D eigenvalue weighted by atomic mass is 32.1. The number of hydrogen-bond acceptors (Lipinski definition) is 3. The van der Waals surface area contributed by atoms with Crippen LogP contribution in [0.4, 0.5) is 5.69 Å². The zero-order valence-electron chi connectivity index (χ0n) is 7.49. The van der Waals surface area contributed by atoms with Crippen LogP contribution in [-0.4, -0.2) is 11.8 Å². The summed E-state index contributed by atoms with van der Waals surface area (Å²) >= 11 is 4.49. The first-order chi connectivity index (χ1) is 6.36. The average molecular weight is 193 g/mol. The molecule has 0 aliphatic carbocycles. The summed E-state index contributed by atoms with van der Waals surface area (Å²) in [5.41, 5.74) is 0.804. The summed E-state index contributed by atoms with van der Waals surface area (Å²) in [6.07, 6.45) is 1.01. The van der Waals surface area contributed by atoms with Gasteiger partial charge in [0.25, 0.3) is 0 Å². The summed E-state index contributed by atoms with van der Waals surface area (Å²) in [5, 5.41) is 2.31. The highest BCUT2D eigenvalue weighted by Gasteiger charge is 1.92. The predicted octanol–water partition coefficient (Wildman–Crippen LogP) is 3.21. The molecule has 0 aromatic heterocycles. The van der Waals surface area contributed by atoms with Gasteiger partial charge in [0.2, 0.25) is 0 Å². The van der Waals surface area contributed by atoms with Gasteiger partial charge in [-0.1, -0.05) is 6.92 Å². The fraction of sp³-hybridized carbons (Fsp3) is 0.300. The first-order valence-electron chi connectivity index (χ1n) is 4.17. The molecule has 0 heterocycles. The Morgan fingerprint density at radius 3 is 2.62 bits per heavy atom. The summed E-state index contributed by atoms with van der Waals surface area (Å²) in [6.45, 7) is 2.82. The zero-order valence-corrected chi connectivity index (χ0v) is 8.30. The highest BCUT2D eigenvalue weighted by molar-refractivity contribution is 7.78. The van der Waals surface area contributed by atoms with Crippen LogP contribution < -0.4 is 4.74 Å². The monoisotopic (exact) mass is 193 g/mol. The number of benzene rings is 1. The van der Waals surface area contributed by atoms with Gasteiger partial charge in [-0.3, -0.25) is 0 Å². The van der Waals surface area contributed by atoms with E-state index in [4.69, 9.17) is 4.74 Å². The Kier molecular flexibility index (Phi) is 4.16. The van der Waals surface area contributed by atoms with E-state index in [2.05, 4.69) is 29.3 Å². The molecule has 0 spiro atoms. The Morgan fingerprint density at radius 1 is 1.38 bits per heavy atom. The maximum absolute atomic E-state index is 5.40. The molecule has 0 saturated carbocycles. The number of hydrogen-bond donors (Lipinski definition) is 0. The fourth-order valence-electron chi connectivity index (χ4n) is 0.890. The van der Waals surface area contributed by atoms with Crippen LogP contribution in [0.1, 0.15) is 13.3 Å². The van der Waals surface area contributed by atoms with Crippen LogP contribution in [0.15, 0.2) is 29.3 Å². The van der Waals surface area contributed by atoms with Gasteiger partial charge in [-0.2, -0.15) is 4.99 Å². The molecular weight excluding hydrogens is 182 g/mol. The third kappa shape index (κ3) is 3.36. The largest absolute Gasteiger partial charge is 0.494 e. The number of ether oxygens (including phenoxy) is 1. The van der Waals surface area contributed by atoms with E-state index in [1.807, 2.05) is 24.3 Å². The minimum absolute atomic E-state index is 0.746. The van der Waals surface area contributed by atoms with Crippen molar-refractivity contribution in [2.24, 2.45) is 4.99 Å². The third-order valence-corrected chi connectivity index (χ3v) is 1.58. The molecule has 3 heteroatoms. The van der Waals surface area contributed by atoms with Crippen molar-refractivity contribution in [2.75, 3.05) is 6.61 Å². The van der Waals surface area contributed by atoms with Crippen LogP contribution in [0, 0.1) is 0 Å². The Hall–Kier alpha value is -1.18. The van der Waals surface area contributed by atoms with Crippen molar-refractivity contribution in [1.82, 2.24) is 0 Å². The molecule has 0 saturated heterocycles. The molecule has 0 fully saturated rings. The van der Waals surface area contributed by atoms with Crippen molar-refractivity contribution in [3.63, 3.8) is 0 Å². The SMILES string of the molecule is CCCOc1ccc(N=C=S)cc1. The average Bonchev–Trinajstić information content (AvgIpc) is 2.17. The Bertz CT molecular complexity index is 301. The van der Waals surface area contributed by atoms with Gasteiger partial charge in [-0.25, -0.2) is 0 Å². The highest BCUT2D eigenvalue weighted by Crippen LogP contribution is 2.17. The second-order valence-electron chi connectivity index (χ2n) is 2.55. The van der Waals surface area contributed by atoms with Gasteiger partial charge in [0.05, 0.1) is 17.5 Å². The molecule has 2 nitrogen and oxygen atoms in total. The number of thiocarbonyl (C=S) groups is 1. The summed E-state index contributed by atoms with van der Waals surface area (Å²) < 4.78 is 5.40. The van der Waals surface area contributed by atoms with Crippen LogP contribution in [0.5, 0.6) is 5.75 Å². The summed E-state index contributed by atoms with van der Waals surface area (Å²) in [4.78, 5) is 3.84. The first kappa shape index (κ1) is 9.90. The fourth-order valence-corrected chi connectivity index (χ4v) is 0.995. The van der Waals surface area contributed by atoms with Crippen molar-refractivity contribution in [3.8, 4) is 5.75 Å². The number of nitrogens with zero attached hydrogens (tertiary/aromatic N) is 1. The van der Waals surface area contributed by atoms with Gasteiger partial charge < -0.3 is 4.74 Å².